The van der Waals surface area contributed by atoms with Crippen LogP contribution < -0.4 is 5.32 Å². The van der Waals surface area contributed by atoms with Crippen LogP contribution in [-0.2, 0) is 11.2 Å². The predicted molar refractivity (Wildman–Crippen MR) is 75.7 cm³/mol. The fraction of sp³-hybridized carbons (Fsp3) is 0.562. The van der Waals surface area contributed by atoms with Gasteiger partial charge >= 0.3 is 0 Å². The number of hydrogen-bond acceptors (Lipinski definition) is 2. The molecule has 0 bridgehead atoms. The molecule has 1 aliphatic rings. The molecule has 2 N–H and O–H groups in total. The van der Waals surface area contributed by atoms with E-state index in [0.717, 1.165) is 25.0 Å². The number of benzene rings is 1. The minimum absolute atomic E-state index is 0.131. The third-order valence-electron chi connectivity index (χ3n) is 4.08. The zero-order chi connectivity index (χ0) is 15.5. The van der Waals surface area contributed by atoms with Crippen LogP contribution in [0.4, 0.5) is 8.78 Å². The number of hydrogen-bond donors (Lipinski definition) is 2. The Kier molecular flexibility index (Phi) is 4.93. The smallest absolute Gasteiger partial charge is 0.224 e. The molecule has 1 aliphatic carbocycles. The zero-order valence-corrected chi connectivity index (χ0v) is 12.2. The third-order valence-corrected chi connectivity index (χ3v) is 4.08. The number of amides is 1. The molecule has 5 heteroatoms. The molecule has 1 amide bonds. The van der Waals surface area contributed by atoms with Gasteiger partial charge in [-0.2, -0.15) is 0 Å². The molecular formula is C16H21F2NO2. The first kappa shape index (κ1) is 15.9. The van der Waals surface area contributed by atoms with Gasteiger partial charge in [-0.1, -0.05) is 25.8 Å². The summed E-state index contributed by atoms with van der Waals surface area (Å²) in [7, 11) is 0. The first-order chi connectivity index (χ1) is 9.89. The first-order valence-corrected chi connectivity index (χ1v) is 7.31. The lowest BCUT2D eigenvalue weighted by molar-refractivity contribution is -0.122. The van der Waals surface area contributed by atoms with Gasteiger partial charge in [0.2, 0.25) is 5.91 Å². The van der Waals surface area contributed by atoms with Crippen LogP contribution in [0.5, 0.6) is 0 Å². The highest BCUT2D eigenvalue weighted by atomic mass is 19.1. The summed E-state index contributed by atoms with van der Waals surface area (Å²) in [6, 6.07) is 3.52. The van der Waals surface area contributed by atoms with Crippen LogP contribution in [0, 0.1) is 17.6 Å². The summed E-state index contributed by atoms with van der Waals surface area (Å²) in [5, 5.41) is 13.0. The van der Waals surface area contributed by atoms with E-state index in [1.807, 2.05) is 0 Å². The van der Waals surface area contributed by atoms with Crippen molar-refractivity contribution < 1.29 is 18.7 Å². The van der Waals surface area contributed by atoms with Crippen molar-refractivity contribution in [2.45, 2.75) is 44.6 Å². The van der Waals surface area contributed by atoms with E-state index in [0.29, 0.717) is 18.8 Å². The molecule has 116 valence electrons. The molecule has 1 fully saturated rings. The number of rotatable bonds is 4. The number of halogens is 2. The molecule has 1 aromatic rings. The second-order valence-corrected chi connectivity index (χ2v) is 6.08. The molecule has 3 nitrogen and oxygen atoms in total. The van der Waals surface area contributed by atoms with Crippen LogP contribution in [0.1, 0.15) is 38.2 Å². The van der Waals surface area contributed by atoms with E-state index in [2.05, 4.69) is 12.2 Å². The van der Waals surface area contributed by atoms with Gasteiger partial charge in [0.05, 0.1) is 12.0 Å². The monoisotopic (exact) mass is 297 g/mol. The van der Waals surface area contributed by atoms with E-state index in [1.165, 1.54) is 6.07 Å². The Labute approximate surface area is 123 Å². The van der Waals surface area contributed by atoms with Gasteiger partial charge in [0.15, 0.2) is 0 Å². The summed E-state index contributed by atoms with van der Waals surface area (Å²) in [4.78, 5) is 11.8. The number of nitrogens with one attached hydrogen (secondary N) is 1. The summed E-state index contributed by atoms with van der Waals surface area (Å²) in [5.41, 5.74) is -1.14. The highest BCUT2D eigenvalue weighted by Gasteiger charge is 2.32. The van der Waals surface area contributed by atoms with E-state index in [-0.39, 0.29) is 18.5 Å². The van der Waals surface area contributed by atoms with Gasteiger partial charge < -0.3 is 10.4 Å². The second kappa shape index (κ2) is 6.52. The van der Waals surface area contributed by atoms with Gasteiger partial charge in [0, 0.05) is 12.1 Å². The van der Waals surface area contributed by atoms with Crippen LogP contribution in [0.3, 0.4) is 0 Å². The molecule has 0 saturated heterocycles. The molecule has 2 rings (SSSR count). The topological polar surface area (TPSA) is 49.3 Å². The zero-order valence-electron chi connectivity index (χ0n) is 12.2. The Morgan fingerprint density at radius 2 is 2.10 bits per heavy atom. The van der Waals surface area contributed by atoms with Crippen molar-refractivity contribution in [1.82, 2.24) is 5.32 Å². The lowest BCUT2D eigenvalue weighted by atomic mass is 9.79. The second-order valence-electron chi connectivity index (χ2n) is 6.08. The first-order valence-electron chi connectivity index (χ1n) is 7.31. The van der Waals surface area contributed by atoms with E-state index in [1.54, 1.807) is 0 Å². The molecular weight excluding hydrogens is 276 g/mol. The van der Waals surface area contributed by atoms with E-state index < -0.39 is 23.1 Å². The summed E-state index contributed by atoms with van der Waals surface area (Å²) in [5.74, 6) is -1.51. The highest BCUT2D eigenvalue weighted by molar-refractivity contribution is 5.78. The van der Waals surface area contributed by atoms with Gasteiger partial charge in [-0.25, -0.2) is 8.78 Å². The van der Waals surface area contributed by atoms with Crippen LogP contribution in [0.15, 0.2) is 18.2 Å². The molecule has 0 heterocycles. The van der Waals surface area contributed by atoms with Gasteiger partial charge in [0.1, 0.15) is 11.6 Å². The number of carbonyl (C=O) groups is 1. The van der Waals surface area contributed by atoms with Crippen molar-refractivity contribution >= 4 is 5.91 Å². The lowest BCUT2D eigenvalue weighted by Gasteiger charge is -2.35. The Hall–Kier alpha value is -1.49. The van der Waals surface area contributed by atoms with Crippen molar-refractivity contribution in [3.8, 4) is 0 Å². The van der Waals surface area contributed by atoms with Crippen molar-refractivity contribution in [1.29, 1.82) is 0 Å². The maximum Gasteiger partial charge on any atom is 0.224 e. The number of carbonyl (C=O) groups excluding carboxylic acids is 1. The van der Waals surface area contributed by atoms with Crippen LogP contribution in [-0.4, -0.2) is 23.2 Å². The Morgan fingerprint density at radius 1 is 1.43 bits per heavy atom. The maximum absolute atomic E-state index is 13.5. The quantitative estimate of drug-likeness (QED) is 0.897. The lowest BCUT2D eigenvalue weighted by Crippen LogP contribution is -2.46. The fourth-order valence-corrected chi connectivity index (χ4v) is 2.98. The van der Waals surface area contributed by atoms with Crippen molar-refractivity contribution in [2.24, 2.45) is 5.92 Å². The Morgan fingerprint density at radius 3 is 2.71 bits per heavy atom. The molecule has 0 aliphatic heterocycles. The van der Waals surface area contributed by atoms with Gasteiger partial charge in [-0.05, 0) is 30.9 Å². The van der Waals surface area contributed by atoms with Gasteiger partial charge in [0.25, 0.3) is 0 Å². The summed E-state index contributed by atoms with van der Waals surface area (Å²) in [6.07, 6.45) is 2.93. The minimum atomic E-state index is -0.902. The Bertz CT molecular complexity index is 501. The molecule has 0 aromatic heterocycles. The molecule has 1 aromatic carbocycles. The van der Waals surface area contributed by atoms with Crippen LogP contribution >= 0.6 is 0 Å². The van der Waals surface area contributed by atoms with E-state index in [9.17, 15) is 18.7 Å². The number of aliphatic hydroxyl groups is 1. The average molecular weight is 297 g/mol. The molecule has 0 spiro atoms. The molecule has 21 heavy (non-hydrogen) atoms. The van der Waals surface area contributed by atoms with Gasteiger partial charge in [-0.15, -0.1) is 0 Å². The molecule has 1 saturated carbocycles. The van der Waals surface area contributed by atoms with Crippen LogP contribution in [0.25, 0.3) is 0 Å². The highest BCUT2D eigenvalue weighted by Crippen LogP contribution is 2.31. The molecule has 0 radical (unpaired) electrons. The fourth-order valence-electron chi connectivity index (χ4n) is 2.98. The van der Waals surface area contributed by atoms with Crippen molar-refractivity contribution in [3.05, 3.63) is 35.4 Å². The maximum atomic E-state index is 13.5. The van der Waals surface area contributed by atoms with Crippen molar-refractivity contribution in [3.63, 3.8) is 0 Å². The normalized spacial score (nSPS) is 25.6. The minimum Gasteiger partial charge on any atom is -0.388 e. The average Bonchev–Trinajstić information content (AvgIpc) is 2.41. The molecule has 2 atom stereocenters. The van der Waals surface area contributed by atoms with Crippen molar-refractivity contribution in [2.75, 3.05) is 6.54 Å². The summed E-state index contributed by atoms with van der Waals surface area (Å²) < 4.78 is 26.9. The third kappa shape index (κ3) is 4.24. The SMILES string of the molecule is CC1CCCC(O)(CNC(=O)Cc2c(F)cccc2F)C1. The summed E-state index contributed by atoms with van der Waals surface area (Å²) in [6.45, 7) is 2.20. The largest absolute Gasteiger partial charge is 0.388 e. The predicted octanol–water partition coefficient (Wildman–Crippen LogP) is 2.56. The molecule has 2 unspecified atom stereocenters. The van der Waals surface area contributed by atoms with E-state index >= 15 is 0 Å². The van der Waals surface area contributed by atoms with Crippen LogP contribution in [0.2, 0.25) is 0 Å². The van der Waals surface area contributed by atoms with Gasteiger partial charge in [-0.3, -0.25) is 4.79 Å². The van der Waals surface area contributed by atoms with E-state index in [4.69, 9.17) is 0 Å². The Balaban J connectivity index is 1.90. The standard InChI is InChI=1S/C16H21F2NO2/c1-11-4-3-7-16(21,9-11)10-19-15(20)8-12-13(17)5-2-6-14(12)18/h2,5-6,11,21H,3-4,7-10H2,1H3,(H,19,20). The summed E-state index contributed by atoms with van der Waals surface area (Å²) >= 11 is 0.